The summed E-state index contributed by atoms with van der Waals surface area (Å²) in [6, 6.07) is 6.37. The Balaban J connectivity index is 1.46. The highest BCUT2D eigenvalue weighted by atomic mass is 16.5. The van der Waals surface area contributed by atoms with Crippen molar-refractivity contribution in [2.45, 2.75) is 69.4 Å². The molecule has 2 aromatic rings. The smallest absolute Gasteiger partial charge is 0.0691 e. The van der Waals surface area contributed by atoms with Gasteiger partial charge in [0.05, 0.1) is 11.8 Å². The highest BCUT2D eigenvalue weighted by Crippen LogP contribution is 2.49. The molecule has 146 valence electrons. The van der Waals surface area contributed by atoms with E-state index in [0.717, 1.165) is 39.0 Å². The van der Waals surface area contributed by atoms with Crippen LogP contribution in [-0.4, -0.2) is 33.5 Å². The van der Waals surface area contributed by atoms with Crippen molar-refractivity contribution in [1.82, 2.24) is 20.1 Å². The molecule has 5 nitrogen and oxygen atoms in total. The summed E-state index contributed by atoms with van der Waals surface area (Å²) in [6.45, 7) is 4.85. The Kier molecular flexibility index (Phi) is 5.33. The second-order valence-electron chi connectivity index (χ2n) is 8.47. The molecule has 0 amide bonds. The van der Waals surface area contributed by atoms with Crippen LogP contribution >= 0.6 is 0 Å². The van der Waals surface area contributed by atoms with Gasteiger partial charge in [0, 0.05) is 48.8 Å². The van der Waals surface area contributed by atoms with Gasteiger partial charge in [0.2, 0.25) is 0 Å². The average Bonchev–Trinajstić information content (AvgIpc) is 3.27. The second-order valence-corrected chi connectivity index (χ2v) is 8.47. The van der Waals surface area contributed by atoms with Crippen LogP contribution in [-0.2, 0) is 23.7 Å². The third kappa shape index (κ3) is 3.81. The molecule has 1 unspecified atom stereocenters. The van der Waals surface area contributed by atoms with E-state index in [1.165, 1.54) is 42.6 Å². The molecule has 0 aromatic carbocycles. The van der Waals surface area contributed by atoms with Gasteiger partial charge in [0.25, 0.3) is 0 Å². The maximum Gasteiger partial charge on any atom is 0.0691 e. The van der Waals surface area contributed by atoms with Gasteiger partial charge < -0.3 is 10.1 Å². The summed E-state index contributed by atoms with van der Waals surface area (Å²) >= 11 is 0. The van der Waals surface area contributed by atoms with Crippen LogP contribution < -0.4 is 5.32 Å². The lowest BCUT2D eigenvalue weighted by atomic mass is 9.68. The van der Waals surface area contributed by atoms with E-state index in [-0.39, 0.29) is 11.0 Å². The van der Waals surface area contributed by atoms with Crippen molar-refractivity contribution in [3.8, 4) is 0 Å². The van der Waals surface area contributed by atoms with Crippen molar-refractivity contribution in [2.24, 2.45) is 7.05 Å². The van der Waals surface area contributed by atoms with Crippen LogP contribution in [0.25, 0.3) is 0 Å². The zero-order valence-corrected chi connectivity index (χ0v) is 16.7. The van der Waals surface area contributed by atoms with Crippen molar-refractivity contribution < 1.29 is 4.74 Å². The summed E-state index contributed by atoms with van der Waals surface area (Å²) in [5.41, 5.74) is 3.98. The number of hydrogen-bond donors (Lipinski definition) is 1. The first-order valence-electron chi connectivity index (χ1n) is 10.4. The molecule has 0 radical (unpaired) electrons. The van der Waals surface area contributed by atoms with Crippen LogP contribution in [0, 0.1) is 6.92 Å². The predicted molar refractivity (Wildman–Crippen MR) is 107 cm³/mol. The van der Waals surface area contributed by atoms with Gasteiger partial charge >= 0.3 is 0 Å². The van der Waals surface area contributed by atoms with Crippen molar-refractivity contribution in [3.05, 3.63) is 47.5 Å². The summed E-state index contributed by atoms with van der Waals surface area (Å²) < 4.78 is 8.28. The van der Waals surface area contributed by atoms with E-state index in [1.54, 1.807) is 0 Å². The molecule has 0 bridgehead atoms. The minimum Gasteiger partial charge on any atom is -0.375 e. The van der Waals surface area contributed by atoms with Crippen LogP contribution in [0.15, 0.2) is 30.6 Å². The molecule has 1 aliphatic carbocycles. The van der Waals surface area contributed by atoms with E-state index in [0.29, 0.717) is 0 Å². The number of nitrogens with one attached hydrogen (secondary N) is 1. The zero-order valence-electron chi connectivity index (χ0n) is 16.7. The highest BCUT2D eigenvalue weighted by Gasteiger charge is 2.48. The molecular formula is C22H32N4O. The molecule has 2 aliphatic rings. The normalized spacial score (nSPS) is 24.5. The Hall–Kier alpha value is -1.72. The average molecular weight is 369 g/mol. The van der Waals surface area contributed by atoms with Gasteiger partial charge in [-0.3, -0.25) is 9.67 Å². The quantitative estimate of drug-likeness (QED) is 0.791. The minimum atomic E-state index is 0.0930. The fraction of sp³-hybridized carbons (Fsp3) is 0.636. The maximum atomic E-state index is 6.34. The van der Waals surface area contributed by atoms with E-state index < -0.39 is 0 Å². The molecule has 1 atom stereocenters. The number of nitrogens with zero attached hydrogens (tertiary/aromatic N) is 3. The minimum absolute atomic E-state index is 0.0930. The van der Waals surface area contributed by atoms with Crippen LogP contribution in [0.3, 0.4) is 0 Å². The SMILES string of the molecule is Cc1c(CNCCC2(c3ccccn3)CCOC3(CCCC3)C2)cnn1C. The monoisotopic (exact) mass is 368 g/mol. The first-order chi connectivity index (χ1) is 13.1. The molecule has 1 saturated heterocycles. The number of aromatic nitrogens is 3. The van der Waals surface area contributed by atoms with Gasteiger partial charge in [0.15, 0.2) is 0 Å². The summed E-state index contributed by atoms with van der Waals surface area (Å²) in [7, 11) is 2.00. The molecular weight excluding hydrogens is 336 g/mol. The fourth-order valence-electron chi connectivity index (χ4n) is 5.06. The van der Waals surface area contributed by atoms with Crippen LogP contribution in [0.5, 0.6) is 0 Å². The van der Waals surface area contributed by atoms with E-state index in [2.05, 4.69) is 29.5 Å². The topological polar surface area (TPSA) is 52.0 Å². The van der Waals surface area contributed by atoms with Crippen molar-refractivity contribution in [2.75, 3.05) is 13.2 Å². The molecule has 5 heteroatoms. The van der Waals surface area contributed by atoms with Crippen LogP contribution in [0.1, 0.15) is 61.9 Å². The molecule has 27 heavy (non-hydrogen) atoms. The Morgan fingerprint density at radius 2 is 2.07 bits per heavy atom. The summed E-state index contributed by atoms with van der Waals surface area (Å²) in [4.78, 5) is 4.79. The molecule has 1 N–H and O–H groups in total. The van der Waals surface area contributed by atoms with Gasteiger partial charge in [-0.2, -0.15) is 5.10 Å². The largest absolute Gasteiger partial charge is 0.375 e. The number of pyridine rings is 1. The third-order valence-corrected chi connectivity index (χ3v) is 6.81. The van der Waals surface area contributed by atoms with E-state index >= 15 is 0 Å². The molecule has 1 aliphatic heterocycles. The fourth-order valence-corrected chi connectivity index (χ4v) is 5.06. The molecule has 1 saturated carbocycles. The summed E-state index contributed by atoms with van der Waals surface area (Å²) in [6.07, 6.45) is 12.2. The van der Waals surface area contributed by atoms with E-state index in [9.17, 15) is 0 Å². The summed E-state index contributed by atoms with van der Waals surface area (Å²) in [5, 5.41) is 8.00. The Morgan fingerprint density at radius 1 is 1.22 bits per heavy atom. The van der Waals surface area contributed by atoms with Crippen molar-refractivity contribution >= 4 is 0 Å². The first kappa shape index (κ1) is 18.6. The van der Waals surface area contributed by atoms with Gasteiger partial charge in [-0.25, -0.2) is 0 Å². The number of hydrogen-bond acceptors (Lipinski definition) is 4. The van der Waals surface area contributed by atoms with E-state index in [1.807, 2.05) is 30.2 Å². The van der Waals surface area contributed by atoms with Crippen molar-refractivity contribution in [1.29, 1.82) is 0 Å². The molecule has 2 fully saturated rings. The van der Waals surface area contributed by atoms with Gasteiger partial charge in [-0.1, -0.05) is 18.9 Å². The number of rotatable bonds is 6. The van der Waals surface area contributed by atoms with Gasteiger partial charge in [-0.05, 0) is 57.7 Å². The lowest BCUT2D eigenvalue weighted by Gasteiger charge is -2.46. The third-order valence-electron chi connectivity index (χ3n) is 6.81. The zero-order chi connectivity index (χ0) is 18.7. The first-order valence-corrected chi connectivity index (χ1v) is 10.4. The standard InChI is InChI=1S/C22H32N4O/c1-18-19(16-25-26(18)2)15-23-13-10-21(20-7-3-6-12-24-20)11-14-27-22(17-21)8-4-5-9-22/h3,6-7,12,16,23H,4-5,8-11,13-15,17H2,1-2H3. The van der Waals surface area contributed by atoms with Crippen LogP contribution in [0.4, 0.5) is 0 Å². The molecule has 2 aromatic heterocycles. The lowest BCUT2D eigenvalue weighted by molar-refractivity contribution is -0.104. The number of aryl methyl sites for hydroxylation is 1. The second kappa shape index (κ2) is 7.72. The van der Waals surface area contributed by atoms with E-state index in [4.69, 9.17) is 9.72 Å². The predicted octanol–water partition coefficient (Wildman–Crippen LogP) is 3.66. The summed E-state index contributed by atoms with van der Waals surface area (Å²) in [5.74, 6) is 0. The van der Waals surface area contributed by atoms with Gasteiger partial charge in [-0.15, -0.1) is 0 Å². The van der Waals surface area contributed by atoms with Crippen molar-refractivity contribution in [3.63, 3.8) is 0 Å². The van der Waals surface area contributed by atoms with Gasteiger partial charge in [0.1, 0.15) is 0 Å². The Labute approximate surface area is 162 Å². The lowest BCUT2D eigenvalue weighted by Crippen LogP contribution is -2.47. The van der Waals surface area contributed by atoms with Crippen LogP contribution in [0.2, 0.25) is 0 Å². The molecule has 4 rings (SSSR count). The molecule has 1 spiro atoms. The molecule has 3 heterocycles. The maximum absolute atomic E-state index is 6.34. The Morgan fingerprint density at radius 3 is 2.78 bits per heavy atom. The Bertz CT molecular complexity index is 751. The number of ether oxygens (including phenoxy) is 1. The highest BCUT2D eigenvalue weighted by molar-refractivity contribution is 5.21.